The number of hydrogen-bond acceptors (Lipinski definition) is 4. The molecule has 0 bridgehead atoms. The number of nitro groups is 1. The number of para-hydroxylation sites is 2. The normalized spacial score (nSPS) is 19.8. The van der Waals surface area contributed by atoms with E-state index in [9.17, 15) is 14.5 Å². The van der Waals surface area contributed by atoms with E-state index < -0.39 is 0 Å². The largest absolute Gasteiger partial charge is 0.363 e. The number of nitrogens with zero attached hydrogens (tertiary/aromatic N) is 2. The molecule has 1 aromatic rings. The Morgan fingerprint density at radius 1 is 1.50 bits per heavy atom. The van der Waals surface area contributed by atoms with Crippen LogP contribution in [0.4, 0.5) is 15.8 Å². The van der Waals surface area contributed by atoms with E-state index in [-0.39, 0.29) is 23.3 Å². The van der Waals surface area contributed by atoms with E-state index >= 15 is 0 Å². The Bertz CT molecular complexity index is 426. The summed E-state index contributed by atoms with van der Waals surface area (Å²) in [5.74, 6) is 0. The summed E-state index contributed by atoms with van der Waals surface area (Å²) in [6, 6.07) is 6.75. The summed E-state index contributed by atoms with van der Waals surface area (Å²) in [5.41, 5.74) is 0.728. The molecular formula is C12H16FN3O2. The maximum absolute atomic E-state index is 12.3. The number of nitrogens with one attached hydrogen (secondary N) is 1. The molecule has 1 fully saturated rings. The minimum Gasteiger partial charge on any atom is -0.363 e. The number of nitro benzene ring substituents is 1. The van der Waals surface area contributed by atoms with Crippen molar-refractivity contribution >= 4 is 11.4 Å². The van der Waals surface area contributed by atoms with Crippen molar-refractivity contribution in [3.63, 3.8) is 0 Å². The van der Waals surface area contributed by atoms with E-state index in [0.717, 1.165) is 6.54 Å². The summed E-state index contributed by atoms with van der Waals surface area (Å²) in [7, 11) is 0. The molecule has 6 heteroatoms. The zero-order valence-corrected chi connectivity index (χ0v) is 10.0. The Morgan fingerprint density at radius 2 is 2.28 bits per heavy atom. The third-order valence-corrected chi connectivity index (χ3v) is 3.13. The quantitative estimate of drug-likeness (QED) is 0.656. The molecular weight excluding hydrogens is 237 g/mol. The van der Waals surface area contributed by atoms with Gasteiger partial charge in [0.15, 0.2) is 0 Å². The molecule has 18 heavy (non-hydrogen) atoms. The van der Waals surface area contributed by atoms with Crippen LogP contribution in [0.3, 0.4) is 0 Å². The lowest BCUT2D eigenvalue weighted by Crippen LogP contribution is -2.51. The van der Waals surface area contributed by atoms with Gasteiger partial charge in [-0.1, -0.05) is 12.1 Å². The zero-order chi connectivity index (χ0) is 13.0. The Kier molecular flexibility index (Phi) is 4.09. The van der Waals surface area contributed by atoms with E-state index in [0.29, 0.717) is 25.2 Å². The van der Waals surface area contributed by atoms with Crippen LogP contribution in [0.15, 0.2) is 24.3 Å². The number of rotatable bonds is 4. The van der Waals surface area contributed by atoms with Crippen molar-refractivity contribution in [2.45, 2.75) is 12.5 Å². The number of alkyl halides is 1. The minimum atomic E-state index is -0.373. The van der Waals surface area contributed by atoms with Crippen LogP contribution in [-0.4, -0.2) is 37.3 Å². The zero-order valence-electron chi connectivity index (χ0n) is 10.0. The first-order chi connectivity index (χ1) is 8.72. The van der Waals surface area contributed by atoms with Crippen LogP contribution in [0.25, 0.3) is 0 Å². The number of piperazine rings is 1. The van der Waals surface area contributed by atoms with Crippen LogP contribution in [0, 0.1) is 10.1 Å². The Labute approximate surface area is 105 Å². The van der Waals surface area contributed by atoms with Crippen molar-refractivity contribution < 1.29 is 9.31 Å². The van der Waals surface area contributed by atoms with Crippen molar-refractivity contribution in [2.75, 3.05) is 31.2 Å². The third kappa shape index (κ3) is 2.76. The van der Waals surface area contributed by atoms with Gasteiger partial charge in [0.05, 0.1) is 11.6 Å². The standard InChI is InChI=1S/C12H16FN3O2/c13-6-5-10-9-15(8-7-14-10)11-3-1-2-4-12(11)16(17)18/h1-4,10,14H,5-9H2. The van der Waals surface area contributed by atoms with Gasteiger partial charge in [0.2, 0.25) is 0 Å². The number of benzene rings is 1. The average Bonchev–Trinajstić information content (AvgIpc) is 2.39. The van der Waals surface area contributed by atoms with E-state index in [1.54, 1.807) is 18.2 Å². The van der Waals surface area contributed by atoms with Gasteiger partial charge in [-0.3, -0.25) is 14.5 Å². The first-order valence-electron chi connectivity index (χ1n) is 6.00. The van der Waals surface area contributed by atoms with Crippen LogP contribution < -0.4 is 10.2 Å². The predicted octanol–water partition coefficient (Wildman–Crippen LogP) is 1.73. The lowest BCUT2D eigenvalue weighted by atomic mass is 10.1. The van der Waals surface area contributed by atoms with Gasteiger partial charge in [0, 0.05) is 31.7 Å². The van der Waals surface area contributed by atoms with Crippen molar-refractivity contribution in [1.29, 1.82) is 0 Å². The fourth-order valence-corrected chi connectivity index (χ4v) is 2.26. The molecule has 0 aliphatic carbocycles. The molecule has 1 unspecified atom stereocenters. The Balaban J connectivity index is 2.18. The second kappa shape index (κ2) is 5.77. The molecule has 0 radical (unpaired) electrons. The summed E-state index contributed by atoms with van der Waals surface area (Å²) in [6.07, 6.45) is 0.442. The van der Waals surface area contributed by atoms with Gasteiger partial charge in [-0.25, -0.2) is 0 Å². The molecule has 1 aromatic carbocycles. The lowest BCUT2D eigenvalue weighted by molar-refractivity contribution is -0.384. The highest BCUT2D eigenvalue weighted by Crippen LogP contribution is 2.28. The van der Waals surface area contributed by atoms with Gasteiger partial charge in [0.25, 0.3) is 5.69 Å². The molecule has 1 N–H and O–H groups in total. The second-order valence-corrected chi connectivity index (χ2v) is 4.32. The molecule has 1 aliphatic heterocycles. The first kappa shape index (κ1) is 12.8. The molecule has 0 spiro atoms. The molecule has 5 nitrogen and oxygen atoms in total. The highest BCUT2D eigenvalue weighted by atomic mass is 19.1. The van der Waals surface area contributed by atoms with Crippen molar-refractivity contribution in [2.24, 2.45) is 0 Å². The van der Waals surface area contributed by atoms with E-state index in [2.05, 4.69) is 5.32 Å². The molecule has 1 saturated heterocycles. The molecule has 0 aromatic heterocycles. The summed E-state index contributed by atoms with van der Waals surface area (Å²) >= 11 is 0. The van der Waals surface area contributed by atoms with Crippen LogP contribution in [0.1, 0.15) is 6.42 Å². The van der Waals surface area contributed by atoms with E-state index in [1.165, 1.54) is 6.07 Å². The monoisotopic (exact) mass is 253 g/mol. The maximum atomic E-state index is 12.3. The van der Waals surface area contributed by atoms with E-state index in [4.69, 9.17) is 0 Å². The highest BCUT2D eigenvalue weighted by Gasteiger charge is 2.24. The number of anilines is 1. The van der Waals surface area contributed by atoms with Crippen molar-refractivity contribution in [3.05, 3.63) is 34.4 Å². The SMILES string of the molecule is O=[N+]([O-])c1ccccc1N1CCNC(CCF)C1. The fraction of sp³-hybridized carbons (Fsp3) is 0.500. The Hall–Kier alpha value is -1.69. The third-order valence-electron chi connectivity index (χ3n) is 3.13. The molecule has 0 amide bonds. The van der Waals surface area contributed by atoms with Crippen LogP contribution >= 0.6 is 0 Å². The molecule has 98 valence electrons. The second-order valence-electron chi connectivity index (χ2n) is 4.32. The van der Waals surface area contributed by atoms with Crippen LogP contribution in [0.2, 0.25) is 0 Å². The molecule has 0 saturated carbocycles. The molecule has 1 atom stereocenters. The molecule has 2 rings (SSSR count). The minimum absolute atomic E-state index is 0.0589. The van der Waals surface area contributed by atoms with Gasteiger partial charge >= 0.3 is 0 Å². The fourth-order valence-electron chi connectivity index (χ4n) is 2.26. The summed E-state index contributed by atoms with van der Waals surface area (Å²) in [6.45, 7) is 1.65. The van der Waals surface area contributed by atoms with Gasteiger partial charge in [-0.2, -0.15) is 0 Å². The van der Waals surface area contributed by atoms with Gasteiger partial charge in [-0.05, 0) is 12.5 Å². The lowest BCUT2D eigenvalue weighted by Gasteiger charge is -2.34. The van der Waals surface area contributed by atoms with Crippen LogP contribution in [-0.2, 0) is 0 Å². The van der Waals surface area contributed by atoms with Crippen molar-refractivity contribution in [3.8, 4) is 0 Å². The first-order valence-corrected chi connectivity index (χ1v) is 6.00. The summed E-state index contributed by atoms with van der Waals surface area (Å²) in [5, 5.41) is 14.2. The van der Waals surface area contributed by atoms with Gasteiger partial charge in [-0.15, -0.1) is 0 Å². The van der Waals surface area contributed by atoms with E-state index in [1.807, 2.05) is 4.90 Å². The highest BCUT2D eigenvalue weighted by molar-refractivity contribution is 5.63. The smallest absolute Gasteiger partial charge is 0.292 e. The Morgan fingerprint density at radius 3 is 3.00 bits per heavy atom. The number of halogens is 1. The van der Waals surface area contributed by atoms with Crippen LogP contribution in [0.5, 0.6) is 0 Å². The topological polar surface area (TPSA) is 58.4 Å². The van der Waals surface area contributed by atoms with Crippen molar-refractivity contribution in [1.82, 2.24) is 5.32 Å². The van der Waals surface area contributed by atoms with Gasteiger partial charge < -0.3 is 10.2 Å². The average molecular weight is 253 g/mol. The predicted molar refractivity (Wildman–Crippen MR) is 67.7 cm³/mol. The van der Waals surface area contributed by atoms with Gasteiger partial charge in [0.1, 0.15) is 5.69 Å². The molecule has 1 heterocycles. The summed E-state index contributed by atoms with van der Waals surface area (Å²) < 4.78 is 12.3. The maximum Gasteiger partial charge on any atom is 0.292 e. The summed E-state index contributed by atoms with van der Waals surface area (Å²) in [4.78, 5) is 12.6. The molecule has 1 aliphatic rings. The number of hydrogen-bond donors (Lipinski definition) is 1.